The summed E-state index contributed by atoms with van der Waals surface area (Å²) >= 11 is 0. The molecule has 5 nitrogen and oxygen atoms in total. The Kier molecular flexibility index (Phi) is 4.38. The molecule has 0 fully saturated rings. The highest BCUT2D eigenvalue weighted by Gasteiger charge is 2.06. The molecule has 4 rings (SSSR count). The average molecular weight is 353 g/mol. The van der Waals surface area contributed by atoms with E-state index in [9.17, 15) is 4.79 Å². The fourth-order valence-corrected chi connectivity index (χ4v) is 2.77. The van der Waals surface area contributed by atoms with Crippen LogP contribution in [0.2, 0.25) is 0 Å². The van der Waals surface area contributed by atoms with Crippen LogP contribution in [0.3, 0.4) is 0 Å². The van der Waals surface area contributed by atoms with E-state index < -0.39 is 0 Å². The van der Waals surface area contributed by atoms with Crippen LogP contribution < -0.4 is 10.3 Å². The average Bonchev–Trinajstić information content (AvgIpc) is 2.73. The zero-order valence-electron chi connectivity index (χ0n) is 14.3. The molecule has 130 valence electrons. The van der Waals surface area contributed by atoms with Crippen molar-refractivity contribution in [2.24, 2.45) is 0 Å². The third-order valence-electron chi connectivity index (χ3n) is 4.23. The van der Waals surface area contributed by atoms with E-state index in [-0.39, 0.29) is 5.56 Å². The van der Waals surface area contributed by atoms with Crippen LogP contribution in [-0.2, 0) is 6.61 Å². The molecule has 1 N–H and O–H groups in total. The standard InChI is InChI=1S/C22H15N3O2/c23-13-15-5-7-16(8-6-15)14-27-18-11-9-17(10-12-18)21-24-20-4-2-1-3-19(20)22(26)25-21/h1-12H,14H2,(H,24,25,26). The summed E-state index contributed by atoms with van der Waals surface area (Å²) in [5.41, 5.74) is 2.93. The first-order valence-corrected chi connectivity index (χ1v) is 8.44. The molecule has 0 saturated carbocycles. The maximum Gasteiger partial charge on any atom is 0.259 e. The molecule has 1 aromatic heterocycles. The number of hydrogen-bond acceptors (Lipinski definition) is 4. The van der Waals surface area contributed by atoms with Gasteiger partial charge >= 0.3 is 0 Å². The molecule has 0 aliphatic carbocycles. The van der Waals surface area contributed by atoms with Crippen LogP contribution >= 0.6 is 0 Å². The predicted octanol–water partition coefficient (Wildman–Crippen LogP) is 4.04. The number of aromatic nitrogens is 2. The number of para-hydroxylation sites is 1. The number of nitrogens with one attached hydrogen (secondary N) is 1. The molecule has 0 unspecified atom stereocenters. The third kappa shape index (κ3) is 3.55. The van der Waals surface area contributed by atoms with Crippen LogP contribution in [0.25, 0.3) is 22.3 Å². The highest BCUT2D eigenvalue weighted by Crippen LogP contribution is 2.21. The van der Waals surface area contributed by atoms with Crippen molar-refractivity contribution in [3.8, 4) is 23.2 Å². The van der Waals surface area contributed by atoms with Crippen molar-refractivity contribution in [3.05, 3.63) is 94.3 Å². The SMILES string of the molecule is N#Cc1ccc(COc2ccc(-c3nc4ccccc4c(=O)[nH]3)cc2)cc1. The van der Waals surface area contributed by atoms with Crippen LogP contribution in [0.5, 0.6) is 5.75 Å². The Morgan fingerprint density at radius 3 is 2.44 bits per heavy atom. The first-order chi connectivity index (χ1) is 13.2. The van der Waals surface area contributed by atoms with Crippen LogP contribution in [0.15, 0.2) is 77.6 Å². The van der Waals surface area contributed by atoms with Gasteiger partial charge in [0, 0.05) is 5.56 Å². The largest absolute Gasteiger partial charge is 0.489 e. The maximum absolute atomic E-state index is 12.2. The van der Waals surface area contributed by atoms with Crippen LogP contribution in [0.1, 0.15) is 11.1 Å². The molecule has 3 aromatic carbocycles. The quantitative estimate of drug-likeness (QED) is 0.600. The first-order valence-electron chi connectivity index (χ1n) is 8.44. The van der Waals surface area contributed by atoms with Gasteiger partial charge in [-0.25, -0.2) is 4.98 Å². The molecule has 0 radical (unpaired) electrons. The van der Waals surface area contributed by atoms with E-state index in [0.29, 0.717) is 34.6 Å². The van der Waals surface area contributed by atoms with Gasteiger partial charge in [-0.05, 0) is 54.1 Å². The van der Waals surface area contributed by atoms with E-state index in [1.54, 1.807) is 18.2 Å². The van der Waals surface area contributed by atoms with Gasteiger partial charge in [0.2, 0.25) is 0 Å². The smallest absolute Gasteiger partial charge is 0.259 e. The second-order valence-electron chi connectivity index (χ2n) is 6.05. The van der Waals surface area contributed by atoms with Crippen molar-refractivity contribution in [2.45, 2.75) is 6.61 Å². The van der Waals surface area contributed by atoms with Crippen molar-refractivity contribution < 1.29 is 4.74 Å². The molecule has 0 bridgehead atoms. The van der Waals surface area contributed by atoms with Gasteiger partial charge in [-0.3, -0.25) is 4.79 Å². The van der Waals surface area contributed by atoms with Gasteiger partial charge < -0.3 is 9.72 Å². The van der Waals surface area contributed by atoms with E-state index in [0.717, 1.165) is 11.1 Å². The van der Waals surface area contributed by atoms with Gasteiger partial charge in [0.15, 0.2) is 0 Å². The lowest BCUT2D eigenvalue weighted by Crippen LogP contribution is -2.09. The van der Waals surface area contributed by atoms with Crippen molar-refractivity contribution in [1.29, 1.82) is 5.26 Å². The van der Waals surface area contributed by atoms with E-state index in [1.165, 1.54) is 0 Å². The monoisotopic (exact) mass is 353 g/mol. The summed E-state index contributed by atoms with van der Waals surface area (Å²) in [5.74, 6) is 1.24. The minimum atomic E-state index is -0.156. The molecule has 5 heteroatoms. The molecule has 0 amide bonds. The molecule has 4 aromatic rings. The highest BCUT2D eigenvalue weighted by atomic mass is 16.5. The number of nitriles is 1. The number of nitrogens with zero attached hydrogens (tertiary/aromatic N) is 2. The summed E-state index contributed by atoms with van der Waals surface area (Å²) in [4.78, 5) is 19.5. The van der Waals surface area contributed by atoms with Gasteiger partial charge in [-0.15, -0.1) is 0 Å². The minimum absolute atomic E-state index is 0.156. The molecule has 27 heavy (non-hydrogen) atoms. The van der Waals surface area contributed by atoms with Crippen molar-refractivity contribution in [2.75, 3.05) is 0 Å². The Labute approximate surface area is 155 Å². The Morgan fingerprint density at radius 1 is 0.963 bits per heavy atom. The zero-order chi connectivity index (χ0) is 18.6. The molecule has 0 spiro atoms. The lowest BCUT2D eigenvalue weighted by molar-refractivity contribution is 0.306. The number of H-pyrrole nitrogens is 1. The predicted molar refractivity (Wildman–Crippen MR) is 103 cm³/mol. The lowest BCUT2D eigenvalue weighted by atomic mass is 10.1. The van der Waals surface area contributed by atoms with Crippen molar-refractivity contribution in [3.63, 3.8) is 0 Å². The Hall–Kier alpha value is -3.91. The number of aromatic amines is 1. The van der Waals surface area contributed by atoms with Gasteiger partial charge in [0.05, 0.1) is 22.5 Å². The molecule has 0 aliphatic rings. The topological polar surface area (TPSA) is 78.8 Å². The molecular formula is C22H15N3O2. The van der Waals surface area contributed by atoms with Crippen LogP contribution in [0, 0.1) is 11.3 Å². The number of fused-ring (bicyclic) bond motifs is 1. The molecule has 1 heterocycles. The number of rotatable bonds is 4. The van der Waals surface area contributed by atoms with Crippen molar-refractivity contribution >= 4 is 10.9 Å². The Bertz CT molecular complexity index is 1190. The van der Waals surface area contributed by atoms with Gasteiger partial charge in [-0.1, -0.05) is 24.3 Å². The summed E-state index contributed by atoms with van der Waals surface area (Å²) in [6, 6.07) is 24.0. The number of hydrogen-bond donors (Lipinski definition) is 1. The molecule has 0 aliphatic heterocycles. The van der Waals surface area contributed by atoms with E-state index in [4.69, 9.17) is 10.00 Å². The summed E-state index contributed by atoms with van der Waals surface area (Å²) < 4.78 is 5.78. The maximum atomic E-state index is 12.2. The van der Waals surface area contributed by atoms with Gasteiger partial charge in [0.25, 0.3) is 5.56 Å². The van der Waals surface area contributed by atoms with E-state index in [2.05, 4.69) is 16.0 Å². The number of ether oxygens (including phenoxy) is 1. The van der Waals surface area contributed by atoms with Gasteiger partial charge in [0.1, 0.15) is 18.2 Å². The number of benzene rings is 3. The van der Waals surface area contributed by atoms with Crippen LogP contribution in [0.4, 0.5) is 0 Å². The summed E-state index contributed by atoms with van der Waals surface area (Å²) in [7, 11) is 0. The Morgan fingerprint density at radius 2 is 1.70 bits per heavy atom. The summed E-state index contributed by atoms with van der Waals surface area (Å²) in [6.45, 7) is 0.413. The second-order valence-corrected chi connectivity index (χ2v) is 6.05. The second kappa shape index (κ2) is 7.14. The first kappa shape index (κ1) is 16.6. The summed E-state index contributed by atoms with van der Waals surface area (Å²) in [6.07, 6.45) is 0. The summed E-state index contributed by atoms with van der Waals surface area (Å²) in [5, 5.41) is 9.40. The lowest BCUT2D eigenvalue weighted by Gasteiger charge is -2.08. The molecule has 0 atom stereocenters. The fraction of sp³-hybridized carbons (Fsp3) is 0.0455. The normalized spacial score (nSPS) is 10.5. The molecule has 0 saturated heterocycles. The van der Waals surface area contributed by atoms with Crippen LogP contribution in [-0.4, -0.2) is 9.97 Å². The minimum Gasteiger partial charge on any atom is -0.489 e. The Balaban J connectivity index is 1.52. The molecular weight excluding hydrogens is 338 g/mol. The fourth-order valence-electron chi connectivity index (χ4n) is 2.77. The van der Waals surface area contributed by atoms with E-state index >= 15 is 0 Å². The van der Waals surface area contributed by atoms with Gasteiger partial charge in [-0.2, -0.15) is 5.26 Å². The highest BCUT2D eigenvalue weighted by molar-refractivity contribution is 5.79. The third-order valence-corrected chi connectivity index (χ3v) is 4.23. The van der Waals surface area contributed by atoms with E-state index in [1.807, 2.05) is 54.6 Å². The van der Waals surface area contributed by atoms with Crippen molar-refractivity contribution in [1.82, 2.24) is 9.97 Å². The zero-order valence-corrected chi connectivity index (χ0v) is 14.3.